The Labute approximate surface area is 187 Å². The first-order valence-corrected chi connectivity index (χ1v) is 10.5. The summed E-state index contributed by atoms with van der Waals surface area (Å²) in [5, 5.41) is 4.79. The molecule has 0 spiro atoms. The van der Waals surface area contributed by atoms with Crippen molar-refractivity contribution in [2.45, 2.75) is 26.7 Å². The van der Waals surface area contributed by atoms with E-state index in [4.69, 9.17) is 0 Å². The van der Waals surface area contributed by atoms with Crippen molar-refractivity contribution >= 4 is 22.4 Å². The number of hydrogen-bond acceptors (Lipinski definition) is 2. The molecule has 0 unspecified atom stereocenters. The van der Waals surface area contributed by atoms with Crippen LogP contribution in [0.4, 0.5) is 10.1 Å². The Bertz CT molecular complexity index is 1370. The molecule has 1 amide bonds. The molecule has 4 aromatic rings. The van der Waals surface area contributed by atoms with E-state index in [0.717, 1.165) is 21.9 Å². The van der Waals surface area contributed by atoms with Crippen molar-refractivity contribution in [2.75, 3.05) is 5.32 Å². The standard InChI is InChI=1S/C28H23FN2O/c1-18(2)24-12-11-23(14-19(24)3)31-28(32)26-15-20(9-13-27(26)29)8-10-22-17-30-16-21-6-4-5-7-25(21)22/h4-7,9,11-18H,1-3H3,(H,31,32). The molecule has 4 rings (SSSR count). The zero-order chi connectivity index (χ0) is 22.7. The molecule has 0 aliphatic carbocycles. The first kappa shape index (κ1) is 21.3. The minimum atomic E-state index is -0.588. The second-order valence-corrected chi connectivity index (χ2v) is 8.03. The van der Waals surface area contributed by atoms with Crippen LogP contribution in [-0.2, 0) is 0 Å². The maximum Gasteiger partial charge on any atom is 0.258 e. The summed E-state index contributed by atoms with van der Waals surface area (Å²) in [5.74, 6) is 5.43. The van der Waals surface area contributed by atoms with Gasteiger partial charge in [-0.3, -0.25) is 9.78 Å². The van der Waals surface area contributed by atoms with Crippen molar-refractivity contribution in [3.8, 4) is 11.8 Å². The van der Waals surface area contributed by atoms with E-state index < -0.39 is 11.7 Å². The Morgan fingerprint density at radius 1 is 1.00 bits per heavy atom. The van der Waals surface area contributed by atoms with Crippen LogP contribution in [0.25, 0.3) is 10.8 Å². The molecule has 3 aromatic carbocycles. The molecule has 0 fully saturated rings. The molecule has 0 aliphatic heterocycles. The van der Waals surface area contributed by atoms with Gasteiger partial charge in [0, 0.05) is 34.4 Å². The maximum absolute atomic E-state index is 14.4. The van der Waals surface area contributed by atoms with E-state index in [0.29, 0.717) is 17.2 Å². The van der Waals surface area contributed by atoms with Crippen LogP contribution in [0.15, 0.2) is 73.1 Å². The zero-order valence-corrected chi connectivity index (χ0v) is 18.2. The number of anilines is 1. The highest BCUT2D eigenvalue weighted by Crippen LogP contribution is 2.23. The van der Waals surface area contributed by atoms with Gasteiger partial charge in [-0.1, -0.05) is 56.0 Å². The molecule has 0 saturated carbocycles. The third-order valence-corrected chi connectivity index (χ3v) is 5.37. The van der Waals surface area contributed by atoms with Gasteiger partial charge < -0.3 is 5.32 Å². The summed E-state index contributed by atoms with van der Waals surface area (Å²) >= 11 is 0. The second kappa shape index (κ2) is 9.03. The Morgan fingerprint density at radius 3 is 2.59 bits per heavy atom. The molecule has 0 atom stereocenters. The lowest BCUT2D eigenvalue weighted by Crippen LogP contribution is -2.14. The molecular weight excluding hydrogens is 399 g/mol. The van der Waals surface area contributed by atoms with E-state index in [-0.39, 0.29) is 5.56 Å². The molecule has 0 saturated heterocycles. The molecule has 3 nitrogen and oxygen atoms in total. The van der Waals surface area contributed by atoms with Gasteiger partial charge in [-0.05, 0) is 54.3 Å². The smallest absolute Gasteiger partial charge is 0.258 e. The van der Waals surface area contributed by atoms with Crippen LogP contribution in [0, 0.1) is 24.6 Å². The molecule has 1 aromatic heterocycles. The highest BCUT2D eigenvalue weighted by Gasteiger charge is 2.13. The minimum absolute atomic E-state index is 0.0431. The van der Waals surface area contributed by atoms with Gasteiger partial charge in [0.2, 0.25) is 0 Å². The number of aryl methyl sites for hydroxylation is 1. The van der Waals surface area contributed by atoms with E-state index in [1.807, 2.05) is 49.4 Å². The maximum atomic E-state index is 14.4. The summed E-state index contributed by atoms with van der Waals surface area (Å²) in [6.07, 6.45) is 3.49. The number of hydrogen-bond donors (Lipinski definition) is 1. The van der Waals surface area contributed by atoms with E-state index in [2.05, 4.69) is 36.0 Å². The lowest BCUT2D eigenvalue weighted by atomic mass is 9.97. The third-order valence-electron chi connectivity index (χ3n) is 5.37. The highest BCUT2D eigenvalue weighted by molar-refractivity contribution is 6.04. The topological polar surface area (TPSA) is 42.0 Å². The van der Waals surface area contributed by atoms with Crippen molar-refractivity contribution < 1.29 is 9.18 Å². The molecule has 1 heterocycles. The van der Waals surface area contributed by atoms with E-state index >= 15 is 0 Å². The van der Waals surface area contributed by atoms with Crippen molar-refractivity contribution in [2.24, 2.45) is 0 Å². The zero-order valence-electron chi connectivity index (χ0n) is 18.2. The molecule has 1 N–H and O–H groups in total. The van der Waals surface area contributed by atoms with Crippen molar-refractivity contribution in [3.63, 3.8) is 0 Å². The third kappa shape index (κ3) is 4.53. The average molecular weight is 423 g/mol. The summed E-state index contributed by atoms with van der Waals surface area (Å²) in [4.78, 5) is 17.0. The Balaban J connectivity index is 1.60. The Hall–Kier alpha value is -3.97. The number of aromatic nitrogens is 1. The van der Waals surface area contributed by atoms with Crippen LogP contribution in [-0.4, -0.2) is 10.9 Å². The van der Waals surface area contributed by atoms with Gasteiger partial charge in [-0.2, -0.15) is 0 Å². The predicted molar refractivity (Wildman–Crippen MR) is 127 cm³/mol. The molecule has 32 heavy (non-hydrogen) atoms. The summed E-state index contributed by atoms with van der Waals surface area (Å²) in [7, 11) is 0. The molecule has 158 valence electrons. The van der Waals surface area contributed by atoms with Gasteiger partial charge in [0.05, 0.1) is 11.1 Å². The number of pyridine rings is 1. The minimum Gasteiger partial charge on any atom is -0.322 e. The van der Waals surface area contributed by atoms with Gasteiger partial charge in [-0.25, -0.2) is 4.39 Å². The van der Waals surface area contributed by atoms with E-state index in [1.54, 1.807) is 18.5 Å². The van der Waals surface area contributed by atoms with Crippen molar-refractivity contribution in [1.29, 1.82) is 0 Å². The lowest BCUT2D eigenvalue weighted by Gasteiger charge is -2.12. The van der Waals surface area contributed by atoms with E-state index in [9.17, 15) is 9.18 Å². The van der Waals surface area contributed by atoms with Crippen LogP contribution in [0.3, 0.4) is 0 Å². The summed E-state index contributed by atoms with van der Waals surface area (Å²) in [6, 6.07) is 17.9. The van der Waals surface area contributed by atoms with Crippen LogP contribution in [0.2, 0.25) is 0 Å². The highest BCUT2D eigenvalue weighted by atomic mass is 19.1. The monoisotopic (exact) mass is 422 g/mol. The predicted octanol–water partition coefficient (Wildman–Crippen LogP) is 6.46. The molecule has 0 aliphatic rings. The Morgan fingerprint density at radius 2 is 1.81 bits per heavy atom. The number of halogens is 1. The van der Waals surface area contributed by atoms with Gasteiger partial charge >= 0.3 is 0 Å². The number of fused-ring (bicyclic) bond motifs is 1. The average Bonchev–Trinajstić information content (AvgIpc) is 2.78. The fourth-order valence-electron chi connectivity index (χ4n) is 3.73. The second-order valence-electron chi connectivity index (χ2n) is 8.03. The Kier molecular flexibility index (Phi) is 6.00. The first-order valence-electron chi connectivity index (χ1n) is 10.5. The van der Waals surface area contributed by atoms with Gasteiger partial charge in [0.15, 0.2) is 0 Å². The number of nitrogens with zero attached hydrogens (tertiary/aromatic N) is 1. The fraction of sp³-hybridized carbons (Fsp3) is 0.143. The quantitative estimate of drug-likeness (QED) is 0.385. The largest absolute Gasteiger partial charge is 0.322 e. The fourth-order valence-corrected chi connectivity index (χ4v) is 3.73. The van der Waals surface area contributed by atoms with Crippen LogP contribution in [0.1, 0.15) is 52.4 Å². The lowest BCUT2D eigenvalue weighted by molar-refractivity contribution is 0.102. The number of nitrogens with one attached hydrogen (secondary N) is 1. The normalized spacial score (nSPS) is 10.7. The van der Waals surface area contributed by atoms with E-state index in [1.165, 1.54) is 17.7 Å². The van der Waals surface area contributed by atoms with Crippen LogP contribution >= 0.6 is 0 Å². The summed E-state index contributed by atoms with van der Waals surface area (Å²) < 4.78 is 14.4. The number of carbonyl (C=O) groups is 1. The van der Waals surface area contributed by atoms with Crippen LogP contribution < -0.4 is 5.32 Å². The summed E-state index contributed by atoms with van der Waals surface area (Å²) in [6.45, 7) is 6.25. The van der Waals surface area contributed by atoms with Gasteiger partial charge in [0.25, 0.3) is 5.91 Å². The molecular formula is C28H23FN2O. The number of carbonyl (C=O) groups excluding carboxylic acids is 1. The number of benzene rings is 3. The van der Waals surface area contributed by atoms with Crippen molar-refractivity contribution in [1.82, 2.24) is 4.98 Å². The number of amides is 1. The van der Waals surface area contributed by atoms with Gasteiger partial charge in [0.1, 0.15) is 5.82 Å². The first-order chi connectivity index (χ1) is 15.4. The van der Waals surface area contributed by atoms with Gasteiger partial charge in [-0.15, -0.1) is 0 Å². The van der Waals surface area contributed by atoms with Crippen LogP contribution in [0.5, 0.6) is 0 Å². The SMILES string of the molecule is Cc1cc(NC(=O)c2cc(C#Cc3cncc4ccccc34)ccc2F)ccc1C(C)C. The molecule has 0 bridgehead atoms. The van der Waals surface area contributed by atoms with Crippen molar-refractivity contribution in [3.05, 3.63) is 107 Å². The summed E-state index contributed by atoms with van der Waals surface area (Å²) in [5.41, 5.74) is 4.22. The number of rotatable bonds is 3. The molecule has 4 heteroatoms. The molecule has 0 radical (unpaired) electrons.